The lowest BCUT2D eigenvalue weighted by Gasteiger charge is -2.19. The highest BCUT2D eigenvalue weighted by Crippen LogP contribution is 2.66. The Morgan fingerprint density at radius 3 is 2.65 bits per heavy atom. The minimum atomic E-state index is -1.03. The first-order chi connectivity index (χ1) is 14.9. The fourth-order valence-electron chi connectivity index (χ4n) is 4.70. The highest BCUT2D eigenvalue weighted by molar-refractivity contribution is 6.11. The Morgan fingerprint density at radius 1 is 1.16 bits per heavy atom. The highest BCUT2D eigenvalue weighted by Gasteiger charge is 2.67. The molecule has 2 aliphatic rings. The van der Waals surface area contributed by atoms with Gasteiger partial charge in [-0.1, -0.05) is 24.3 Å². The molecule has 3 aromatic rings. The molecule has 5 nitrogen and oxygen atoms in total. The number of nitriles is 1. The normalized spacial score (nSPS) is 21.1. The third kappa shape index (κ3) is 2.89. The van der Waals surface area contributed by atoms with Gasteiger partial charge in [-0.15, -0.1) is 0 Å². The van der Waals surface area contributed by atoms with Crippen LogP contribution in [0.5, 0.6) is 0 Å². The summed E-state index contributed by atoms with van der Waals surface area (Å²) in [6.07, 6.45) is 0.569. The Labute approximate surface area is 178 Å². The molecule has 1 amide bonds. The summed E-state index contributed by atoms with van der Waals surface area (Å²) in [5, 5.41) is 18.3. The first-order valence-electron chi connectivity index (χ1n) is 9.88. The summed E-state index contributed by atoms with van der Waals surface area (Å²) >= 11 is 0. The third-order valence-electron chi connectivity index (χ3n) is 6.27. The number of aromatic carboxylic acids is 1. The van der Waals surface area contributed by atoms with Crippen LogP contribution in [-0.4, -0.2) is 17.0 Å². The van der Waals surface area contributed by atoms with Crippen LogP contribution >= 0.6 is 0 Å². The monoisotopic (exact) mass is 412 g/mol. The molecule has 1 aliphatic heterocycles. The van der Waals surface area contributed by atoms with Crippen LogP contribution in [-0.2, 0) is 16.8 Å². The molecule has 1 aliphatic carbocycles. The van der Waals surface area contributed by atoms with E-state index in [2.05, 4.69) is 6.07 Å². The van der Waals surface area contributed by atoms with Gasteiger partial charge in [0.25, 0.3) is 0 Å². The summed E-state index contributed by atoms with van der Waals surface area (Å²) < 4.78 is 14.2. The van der Waals surface area contributed by atoms with Crippen molar-refractivity contribution in [3.8, 4) is 6.07 Å². The summed E-state index contributed by atoms with van der Waals surface area (Å²) in [6, 6.07) is 20.1. The number of carbonyl (C=O) groups is 2. The number of amides is 1. The van der Waals surface area contributed by atoms with Crippen LogP contribution in [0.25, 0.3) is 0 Å². The second kappa shape index (κ2) is 6.78. The van der Waals surface area contributed by atoms with E-state index in [1.54, 1.807) is 41.3 Å². The molecule has 1 fully saturated rings. The first kappa shape index (κ1) is 19.0. The van der Waals surface area contributed by atoms with Crippen molar-refractivity contribution in [2.75, 3.05) is 4.90 Å². The Kier molecular flexibility index (Phi) is 4.16. The Balaban J connectivity index is 1.53. The molecule has 1 heterocycles. The fourth-order valence-corrected chi connectivity index (χ4v) is 4.70. The van der Waals surface area contributed by atoms with Crippen LogP contribution in [0, 0.1) is 17.1 Å². The van der Waals surface area contributed by atoms with Crippen molar-refractivity contribution >= 4 is 17.6 Å². The van der Waals surface area contributed by atoms with Gasteiger partial charge in [0.2, 0.25) is 5.91 Å². The zero-order valence-corrected chi connectivity index (χ0v) is 16.4. The van der Waals surface area contributed by atoms with Crippen molar-refractivity contribution in [1.29, 1.82) is 5.26 Å². The summed E-state index contributed by atoms with van der Waals surface area (Å²) in [4.78, 5) is 26.6. The van der Waals surface area contributed by atoms with E-state index in [0.717, 1.165) is 5.56 Å². The van der Waals surface area contributed by atoms with Crippen molar-refractivity contribution in [3.63, 3.8) is 0 Å². The maximum Gasteiger partial charge on any atom is 0.335 e. The molecule has 2 unspecified atom stereocenters. The van der Waals surface area contributed by atoms with Crippen LogP contribution < -0.4 is 4.90 Å². The minimum Gasteiger partial charge on any atom is -0.478 e. The van der Waals surface area contributed by atoms with E-state index in [-0.39, 0.29) is 23.9 Å². The average molecular weight is 412 g/mol. The number of carbonyl (C=O) groups excluding carboxylic acids is 1. The fraction of sp³-hybridized carbons (Fsp3) is 0.160. The largest absolute Gasteiger partial charge is 0.478 e. The molecule has 1 spiro atoms. The van der Waals surface area contributed by atoms with Crippen LogP contribution in [0.2, 0.25) is 0 Å². The van der Waals surface area contributed by atoms with Crippen LogP contribution in [0.15, 0.2) is 66.7 Å². The van der Waals surface area contributed by atoms with Crippen molar-refractivity contribution in [1.82, 2.24) is 0 Å². The maximum atomic E-state index is 14.2. The van der Waals surface area contributed by atoms with Gasteiger partial charge in [0, 0.05) is 11.6 Å². The molecule has 1 saturated carbocycles. The lowest BCUT2D eigenvalue weighted by Crippen LogP contribution is -2.32. The number of carboxylic acid groups (broad SMARTS) is 1. The number of nitrogens with zero attached hydrogens (tertiary/aromatic N) is 2. The zero-order valence-electron chi connectivity index (χ0n) is 16.4. The van der Waals surface area contributed by atoms with E-state index in [1.807, 2.05) is 12.1 Å². The Hall–Kier alpha value is -3.98. The van der Waals surface area contributed by atoms with E-state index >= 15 is 0 Å². The third-order valence-corrected chi connectivity index (χ3v) is 6.27. The molecular weight excluding hydrogens is 395 g/mol. The van der Waals surface area contributed by atoms with Crippen molar-refractivity contribution in [2.24, 2.45) is 0 Å². The van der Waals surface area contributed by atoms with Crippen molar-refractivity contribution < 1.29 is 19.1 Å². The molecule has 152 valence electrons. The smallest absolute Gasteiger partial charge is 0.335 e. The molecule has 1 N–H and O–H groups in total. The quantitative estimate of drug-likeness (QED) is 0.690. The van der Waals surface area contributed by atoms with E-state index in [4.69, 9.17) is 5.26 Å². The molecule has 6 heteroatoms. The summed E-state index contributed by atoms with van der Waals surface area (Å²) in [5.41, 5.74) is 2.83. The van der Waals surface area contributed by atoms with E-state index in [9.17, 15) is 19.1 Å². The number of anilines is 1. The van der Waals surface area contributed by atoms with Gasteiger partial charge in [0.05, 0.1) is 29.2 Å². The lowest BCUT2D eigenvalue weighted by molar-refractivity contribution is -0.120. The predicted molar refractivity (Wildman–Crippen MR) is 111 cm³/mol. The summed E-state index contributed by atoms with van der Waals surface area (Å²) in [7, 11) is 0. The standard InChI is InChI=1S/C25H17FN2O3/c26-19-8-9-22-20(11-19)25(12-21(25)17-6-4-15(13-27)5-7-17)24(31)28(22)14-16-2-1-3-18(10-16)23(29)30/h1-11,21H,12,14H2,(H,29,30). The number of fused-ring (bicyclic) bond motifs is 2. The van der Waals surface area contributed by atoms with Gasteiger partial charge in [-0.25, -0.2) is 9.18 Å². The Morgan fingerprint density at radius 2 is 1.94 bits per heavy atom. The molecule has 0 aromatic heterocycles. The number of hydrogen-bond donors (Lipinski definition) is 1. The topological polar surface area (TPSA) is 81.4 Å². The van der Waals surface area contributed by atoms with Gasteiger partial charge < -0.3 is 10.0 Å². The summed E-state index contributed by atoms with van der Waals surface area (Å²) in [6.45, 7) is 0.209. The second-order valence-corrected chi connectivity index (χ2v) is 8.02. The molecule has 5 rings (SSSR count). The van der Waals surface area contributed by atoms with E-state index in [0.29, 0.717) is 28.8 Å². The molecule has 31 heavy (non-hydrogen) atoms. The first-order valence-corrected chi connectivity index (χ1v) is 9.88. The van der Waals surface area contributed by atoms with Gasteiger partial charge in [0.15, 0.2) is 0 Å². The van der Waals surface area contributed by atoms with Crippen LogP contribution in [0.4, 0.5) is 10.1 Å². The number of hydrogen-bond acceptors (Lipinski definition) is 3. The molecule has 0 saturated heterocycles. The van der Waals surface area contributed by atoms with Gasteiger partial charge >= 0.3 is 5.97 Å². The number of rotatable bonds is 4. The number of carboxylic acids is 1. The van der Waals surface area contributed by atoms with Crippen molar-refractivity contribution in [2.45, 2.75) is 24.3 Å². The summed E-state index contributed by atoms with van der Waals surface area (Å²) in [5.74, 6) is -1.63. The van der Waals surface area contributed by atoms with E-state index in [1.165, 1.54) is 18.2 Å². The second-order valence-electron chi connectivity index (χ2n) is 8.02. The zero-order chi connectivity index (χ0) is 21.8. The van der Waals surface area contributed by atoms with Crippen LogP contribution in [0.3, 0.4) is 0 Å². The van der Waals surface area contributed by atoms with Gasteiger partial charge in [-0.05, 0) is 65.6 Å². The molecule has 0 bridgehead atoms. The molecule has 0 radical (unpaired) electrons. The Bertz CT molecular complexity index is 1280. The predicted octanol–water partition coefficient (Wildman–Crippen LogP) is 4.37. The van der Waals surface area contributed by atoms with Crippen molar-refractivity contribution in [3.05, 3.63) is 100 Å². The van der Waals surface area contributed by atoms with Gasteiger partial charge in [0.1, 0.15) is 5.82 Å². The lowest BCUT2D eigenvalue weighted by atomic mass is 9.92. The van der Waals surface area contributed by atoms with E-state index < -0.39 is 17.2 Å². The molecule has 2 atom stereocenters. The van der Waals surface area contributed by atoms with Crippen LogP contribution in [0.1, 0.15) is 45.0 Å². The average Bonchev–Trinajstić information content (AvgIpc) is 3.50. The SMILES string of the molecule is N#Cc1ccc(C2CC23C(=O)N(Cc2cccc(C(=O)O)c2)c2ccc(F)cc23)cc1. The number of benzene rings is 3. The minimum absolute atomic E-state index is 0.0938. The molecular formula is C25H17FN2O3. The maximum absolute atomic E-state index is 14.2. The van der Waals surface area contributed by atoms with Gasteiger partial charge in [-0.3, -0.25) is 4.79 Å². The molecule has 3 aromatic carbocycles. The number of halogens is 1. The van der Waals surface area contributed by atoms with Gasteiger partial charge in [-0.2, -0.15) is 5.26 Å². The highest BCUT2D eigenvalue weighted by atomic mass is 19.1.